The minimum atomic E-state index is 0.478. The molecule has 1 aromatic rings. The van der Waals surface area contributed by atoms with Gasteiger partial charge in [0.1, 0.15) is 5.75 Å². The first-order chi connectivity index (χ1) is 8.54. The third kappa shape index (κ3) is 2.39. The van der Waals surface area contributed by atoms with E-state index in [-0.39, 0.29) is 0 Å². The number of ether oxygens (including phenoxy) is 1. The Morgan fingerprint density at radius 2 is 2.06 bits per heavy atom. The lowest BCUT2D eigenvalue weighted by molar-refractivity contribution is 0.369. The summed E-state index contributed by atoms with van der Waals surface area (Å²) in [6, 6.07) is 4.78. The first-order valence-corrected chi connectivity index (χ1v) is 6.95. The zero-order chi connectivity index (χ0) is 13.3. The van der Waals surface area contributed by atoms with Crippen molar-refractivity contribution in [3.05, 3.63) is 28.8 Å². The standard InChI is InChI=1S/C16H25NO/c1-10(2)8-13-15-11(3)6-7-14(18-5)16(15)12(4)9-17-13/h6-7,10,12-13,17H,8-9H2,1-5H3. The second-order valence-corrected chi connectivity index (χ2v) is 5.90. The lowest BCUT2D eigenvalue weighted by Crippen LogP contribution is -2.33. The molecule has 2 rings (SSSR count). The number of aryl methyl sites for hydroxylation is 1. The fraction of sp³-hybridized carbons (Fsp3) is 0.625. The van der Waals surface area contributed by atoms with Crippen LogP contribution in [0.3, 0.4) is 0 Å². The van der Waals surface area contributed by atoms with E-state index in [2.05, 4.69) is 45.1 Å². The molecule has 1 N–H and O–H groups in total. The van der Waals surface area contributed by atoms with Crippen molar-refractivity contribution in [3.8, 4) is 5.75 Å². The maximum Gasteiger partial charge on any atom is 0.122 e. The van der Waals surface area contributed by atoms with E-state index in [1.54, 1.807) is 7.11 Å². The van der Waals surface area contributed by atoms with Crippen LogP contribution in [0, 0.1) is 12.8 Å². The van der Waals surface area contributed by atoms with E-state index in [1.807, 2.05) is 0 Å². The predicted molar refractivity (Wildman–Crippen MR) is 76.3 cm³/mol. The quantitative estimate of drug-likeness (QED) is 0.877. The van der Waals surface area contributed by atoms with E-state index in [0.29, 0.717) is 17.9 Å². The van der Waals surface area contributed by atoms with Gasteiger partial charge in [-0.3, -0.25) is 0 Å². The summed E-state index contributed by atoms with van der Waals surface area (Å²) in [6.07, 6.45) is 1.19. The Hall–Kier alpha value is -1.02. The van der Waals surface area contributed by atoms with Gasteiger partial charge < -0.3 is 10.1 Å². The molecule has 0 radical (unpaired) electrons. The summed E-state index contributed by atoms with van der Waals surface area (Å²) in [5.74, 6) is 2.28. The molecule has 0 spiro atoms. The van der Waals surface area contributed by atoms with E-state index < -0.39 is 0 Å². The number of nitrogens with one attached hydrogen (secondary N) is 1. The third-order valence-electron chi connectivity index (χ3n) is 3.90. The van der Waals surface area contributed by atoms with Crippen LogP contribution in [0.5, 0.6) is 5.75 Å². The molecular formula is C16H25NO. The van der Waals surface area contributed by atoms with Gasteiger partial charge in [0.25, 0.3) is 0 Å². The summed E-state index contributed by atoms with van der Waals surface area (Å²) in [6.45, 7) is 10.1. The van der Waals surface area contributed by atoms with Crippen LogP contribution in [-0.2, 0) is 0 Å². The highest BCUT2D eigenvalue weighted by Crippen LogP contribution is 2.40. The van der Waals surface area contributed by atoms with Gasteiger partial charge in [-0.15, -0.1) is 0 Å². The zero-order valence-electron chi connectivity index (χ0n) is 12.2. The van der Waals surface area contributed by atoms with Gasteiger partial charge in [-0.25, -0.2) is 0 Å². The van der Waals surface area contributed by atoms with Gasteiger partial charge in [0.2, 0.25) is 0 Å². The second-order valence-electron chi connectivity index (χ2n) is 5.90. The summed E-state index contributed by atoms with van der Waals surface area (Å²) in [7, 11) is 1.77. The van der Waals surface area contributed by atoms with Crippen molar-refractivity contribution in [1.82, 2.24) is 5.32 Å². The first kappa shape index (κ1) is 13.4. The van der Waals surface area contributed by atoms with Crippen molar-refractivity contribution >= 4 is 0 Å². The van der Waals surface area contributed by atoms with Crippen LogP contribution < -0.4 is 10.1 Å². The van der Waals surface area contributed by atoms with Crippen LogP contribution in [0.15, 0.2) is 12.1 Å². The van der Waals surface area contributed by atoms with Crippen molar-refractivity contribution in [2.45, 2.75) is 46.1 Å². The maximum absolute atomic E-state index is 5.56. The molecule has 0 saturated carbocycles. The summed E-state index contributed by atoms with van der Waals surface area (Å²) in [5.41, 5.74) is 4.28. The van der Waals surface area contributed by atoms with E-state index >= 15 is 0 Å². The van der Waals surface area contributed by atoms with Gasteiger partial charge >= 0.3 is 0 Å². The number of hydrogen-bond acceptors (Lipinski definition) is 2. The topological polar surface area (TPSA) is 21.3 Å². The zero-order valence-corrected chi connectivity index (χ0v) is 12.2. The summed E-state index contributed by atoms with van der Waals surface area (Å²) in [5, 5.41) is 3.69. The van der Waals surface area contributed by atoms with E-state index in [9.17, 15) is 0 Å². The molecule has 18 heavy (non-hydrogen) atoms. The van der Waals surface area contributed by atoms with Gasteiger partial charge in [0.05, 0.1) is 7.11 Å². The van der Waals surface area contributed by atoms with Crippen molar-refractivity contribution in [1.29, 1.82) is 0 Å². The lowest BCUT2D eigenvalue weighted by atomic mass is 9.81. The van der Waals surface area contributed by atoms with Gasteiger partial charge in [0, 0.05) is 18.2 Å². The van der Waals surface area contributed by atoms with Crippen molar-refractivity contribution < 1.29 is 4.74 Å². The van der Waals surface area contributed by atoms with E-state index in [4.69, 9.17) is 4.74 Å². The Morgan fingerprint density at radius 1 is 1.33 bits per heavy atom. The van der Waals surface area contributed by atoms with Crippen LogP contribution >= 0.6 is 0 Å². The maximum atomic E-state index is 5.56. The molecule has 1 aromatic carbocycles. The number of hydrogen-bond donors (Lipinski definition) is 1. The molecule has 2 unspecified atom stereocenters. The molecule has 0 aliphatic carbocycles. The van der Waals surface area contributed by atoms with Crippen molar-refractivity contribution in [2.24, 2.45) is 5.92 Å². The van der Waals surface area contributed by atoms with E-state index in [0.717, 1.165) is 12.3 Å². The van der Waals surface area contributed by atoms with Crippen LogP contribution in [0.1, 0.15) is 55.8 Å². The first-order valence-electron chi connectivity index (χ1n) is 6.95. The average Bonchev–Trinajstić information content (AvgIpc) is 2.32. The highest BCUT2D eigenvalue weighted by molar-refractivity contribution is 5.49. The third-order valence-corrected chi connectivity index (χ3v) is 3.90. The van der Waals surface area contributed by atoms with Crippen LogP contribution in [-0.4, -0.2) is 13.7 Å². The number of benzene rings is 1. The molecule has 1 aliphatic heterocycles. The fourth-order valence-corrected chi connectivity index (χ4v) is 3.07. The average molecular weight is 247 g/mol. The number of fused-ring (bicyclic) bond motifs is 1. The highest BCUT2D eigenvalue weighted by atomic mass is 16.5. The smallest absolute Gasteiger partial charge is 0.122 e. The molecule has 2 nitrogen and oxygen atoms in total. The molecule has 1 heterocycles. The summed E-state index contributed by atoms with van der Waals surface area (Å²) >= 11 is 0. The largest absolute Gasteiger partial charge is 0.496 e. The Balaban J connectivity index is 2.49. The lowest BCUT2D eigenvalue weighted by Gasteiger charge is -2.34. The highest BCUT2D eigenvalue weighted by Gasteiger charge is 2.28. The Labute approximate surface area is 111 Å². The summed E-state index contributed by atoms with van der Waals surface area (Å²) in [4.78, 5) is 0. The minimum Gasteiger partial charge on any atom is -0.496 e. The van der Waals surface area contributed by atoms with Gasteiger partial charge in [-0.05, 0) is 42.4 Å². The number of rotatable bonds is 3. The SMILES string of the molecule is COc1ccc(C)c2c1C(C)CNC2CC(C)C. The molecule has 0 amide bonds. The monoisotopic (exact) mass is 247 g/mol. The minimum absolute atomic E-state index is 0.478. The van der Waals surface area contributed by atoms with Gasteiger partial charge in [0.15, 0.2) is 0 Å². The van der Waals surface area contributed by atoms with E-state index in [1.165, 1.54) is 23.1 Å². The Morgan fingerprint density at radius 3 is 2.67 bits per heavy atom. The summed E-state index contributed by atoms with van der Waals surface area (Å²) < 4.78 is 5.56. The molecule has 2 atom stereocenters. The molecule has 0 aromatic heterocycles. The van der Waals surface area contributed by atoms with Crippen molar-refractivity contribution in [2.75, 3.05) is 13.7 Å². The Kier molecular flexibility index (Phi) is 3.96. The van der Waals surface area contributed by atoms with Crippen LogP contribution in [0.2, 0.25) is 0 Å². The van der Waals surface area contributed by atoms with Gasteiger partial charge in [-0.1, -0.05) is 26.8 Å². The van der Waals surface area contributed by atoms with Crippen LogP contribution in [0.4, 0.5) is 0 Å². The molecule has 0 saturated heterocycles. The van der Waals surface area contributed by atoms with Crippen LogP contribution in [0.25, 0.3) is 0 Å². The molecular weight excluding hydrogens is 222 g/mol. The van der Waals surface area contributed by atoms with Crippen molar-refractivity contribution in [3.63, 3.8) is 0 Å². The second kappa shape index (κ2) is 5.31. The molecule has 1 aliphatic rings. The predicted octanol–water partition coefficient (Wildman–Crippen LogP) is 3.80. The Bertz CT molecular complexity index is 425. The fourth-order valence-electron chi connectivity index (χ4n) is 3.07. The van der Waals surface area contributed by atoms with Gasteiger partial charge in [-0.2, -0.15) is 0 Å². The molecule has 0 fully saturated rings. The number of methoxy groups -OCH3 is 1. The molecule has 0 bridgehead atoms. The molecule has 100 valence electrons. The normalized spacial score (nSPS) is 23.0. The molecule has 2 heteroatoms.